The summed E-state index contributed by atoms with van der Waals surface area (Å²) in [6.45, 7) is 5.05. The Morgan fingerprint density at radius 1 is 1.32 bits per heavy atom. The van der Waals surface area contributed by atoms with Crippen molar-refractivity contribution in [2.75, 3.05) is 31.5 Å². The molecule has 0 unspecified atom stereocenters. The molecule has 2 bridgehead atoms. The van der Waals surface area contributed by atoms with Crippen molar-refractivity contribution in [2.45, 2.75) is 12.8 Å². The van der Waals surface area contributed by atoms with Crippen molar-refractivity contribution in [3.05, 3.63) is 23.7 Å². The average Bonchev–Trinajstić information content (AvgIpc) is 2.94. The van der Waals surface area contributed by atoms with Crippen LogP contribution in [0.1, 0.15) is 12.8 Å². The Morgan fingerprint density at radius 2 is 2.21 bits per heavy atom. The Labute approximate surface area is 117 Å². The van der Waals surface area contributed by atoms with E-state index in [-0.39, 0.29) is 0 Å². The van der Waals surface area contributed by atoms with Gasteiger partial charge in [-0.15, -0.1) is 11.3 Å². The van der Waals surface area contributed by atoms with Crippen molar-refractivity contribution in [3.8, 4) is 0 Å². The molecular formula is C15H19N3S. The van der Waals surface area contributed by atoms with E-state index in [1.54, 1.807) is 11.3 Å². The van der Waals surface area contributed by atoms with Gasteiger partial charge in [0.25, 0.3) is 0 Å². The minimum absolute atomic E-state index is 0.827. The number of benzene rings is 1. The highest BCUT2D eigenvalue weighted by molar-refractivity contribution is 7.16. The smallest absolute Gasteiger partial charge is 0.0832 e. The van der Waals surface area contributed by atoms with Gasteiger partial charge in [-0.2, -0.15) is 0 Å². The summed E-state index contributed by atoms with van der Waals surface area (Å²) in [6.07, 6.45) is 2.80. The van der Waals surface area contributed by atoms with Gasteiger partial charge in [0.2, 0.25) is 0 Å². The molecule has 3 nitrogen and oxygen atoms in total. The summed E-state index contributed by atoms with van der Waals surface area (Å²) < 4.78 is 1.27. The second-order valence-corrected chi connectivity index (χ2v) is 6.70. The summed E-state index contributed by atoms with van der Waals surface area (Å²) in [4.78, 5) is 7.00. The van der Waals surface area contributed by atoms with E-state index in [1.807, 2.05) is 5.51 Å². The van der Waals surface area contributed by atoms with Crippen molar-refractivity contribution >= 4 is 27.2 Å². The lowest BCUT2D eigenvalue weighted by Gasteiger charge is -2.45. The van der Waals surface area contributed by atoms with Crippen LogP contribution >= 0.6 is 11.3 Å². The van der Waals surface area contributed by atoms with Crippen LogP contribution in [-0.4, -0.2) is 36.1 Å². The fourth-order valence-electron chi connectivity index (χ4n) is 3.54. The summed E-state index contributed by atoms with van der Waals surface area (Å²) in [5.74, 6) is 1.77. The van der Waals surface area contributed by atoms with E-state index in [4.69, 9.17) is 0 Å². The Balaban J connectivity index is 1.44. The van der Waals surface area contributed by atoms with E-state index in [2.05, 4.69) is 33.4 Å². The predicted molar refractivity (Wildman–Crippen MR) is 80.8 cm³/mol. The van der Waals surface area contributed by atoms with Gasteiger partial charge in [0.15, 0.2) is 0 Å². The molecule has 4 heterocycles. The van der Waals surface area contributed by atoms with E-state index < -0.39 is 0 Å². The first kappa shape index (κ1) is 11.7. The molecule has 3 aliphatic heterocycles. The maximum Gasteiger partial charge on any atom is 0.0832 e. The number of aromatic nitrogens is 1. The molecule has 100 valence electrons. The highest BCUT2D eigenvalue weighted by atomic mass is 32.1. The van der Waals surface area contributed by atoms with E-state index in [0.717, 1.165) is 23.9 Å². The van der Waals surface area contributed by atoms with Crippen molar-refractivity contribution in [2.24, 2.45) is 11.8 Å². The Kier molecular flexibility index (Phi) is 2.93. The Morgan fingerprint density at radius 3 is 3.00 bits per heavy atom. The standard InChI is InChI=1S/C15H19N3S/c1-2-15-14(17-10-19-15)7-13(1)16-8-12-9-18-5-3-11(12)4-6-18/h1-2,7,10-12,16H,3-6,8-9H2/t12-/m0/s1. The van der Waals surface area contributed by atoms with Crippen molar-refractivity contribution in [1.29, 1.82) is 0 Å². The molecule has 0 aliphatic carbocycles. The number of rotatable bonds is 3. The van der Waals surface area contributed by atoms with Crippen LogP contribution in [0.3, 0.4) is 0 Å². The van der Waals surface area contributed by atoms with Crippen LogP contribution in [-0.2, 0) is 0 Å². The maximum absolute atomic E-state index is 4.38. The number of nitrogens with one attached hydrogen (secondary N) is 1. The summed E-state index contributed by atoms with van der Waals surface area (Å²) >= 11 is 1.71. The molecule has 1 atom stereocenters. The van der Waals surface area contributed by atoms with Crippen LogP contribution in [0.5, 0.6) is 0 Å². The molecular weight excluding hydrogens is 254 g/mol. The van der Waals surface area contributed by atoms with Crippen LogP contribution in [0.25, 0.3) is 10.2 Å². The van der Waals surface area contributed by atoms with Gasteiger partial charge < -0.3 is 10.2 Å². The summed E-state index contributed by atoms with van der Waals surface area (Å²) in [5.41, 5.74) is 4.25. The molecule has 3 aliphatic rings. The Hall–Kier alpha value is -1.13. The fourth-order valence-corrected chi connectivity index (χ4v) is 4.19. The van der Waals surface area contributed by atoms with Crippen LogP contribution in [0, 0.1) is 11.8 Å². The summed E-state index contributed by atoms with van der Waals surface area (Å²) in [6, 6.07) is 6.53. The number of piperidine rings is 3. The molecule has 1 N–H and O–H groups in total. The zero-order valence-corrected chi connectivity index (χ0v) is 11.8. The first-order chi connectivity index (χ1) is 9.38. The van der Waals surface area contributed by atoms with Crippen molar-refractivity contribution in [1.82, 2.24) is 9.88 Å². The van der Waals surface area contributed by atoms with E-state index in [1.165, 1.54) is 42.9 Å². The predicted octanol–water partition coefficient (Wildman–Crippen LogP) is 3.05. The fraction of sp³-hybridized carbons (Fsp3) is 0.533. The number of hydrogen-bond donors (Lipinski definition) is 1. The van der Waals surface area contributed by atoms with Gasteiger partial charge in [0.05, 0.1) is 15.7 Å². The molecule has 4 heteroatoms. The number of nitrogens with zero attached hydrogens (tertiary/aromatic N) is 2. The van der Waals surface area contributed by atoms with Crippen LogP contribution in [0.4, 0.5) is 5.69 Å². The molecule has 1 aromatic carbocycles. The molecule has 19 heavy (non-hydrogen) atoms. The van der Waals surface area contributed by atoms with Gasteiger partial charge in [0, 0.05) is 18.8 Å². The summed E-state index contributed by atoms with van der Waals surface area (Å²) in [5, 5.41) is 3.62. The lowest BCUT2D eigenvalue weighted by atomic mass is 9.79. The molecule has 0 radical (unpaired) electrons. The third kappa shape index (κ3) is 2.23. The first-order valence-corrected chi connectivity index (χ1v) is 8.06. The van der Waals surface area contributed by atoms with Gasteiger partial charge in [-0.05, 0) is 56.0 Å². The minimum Gasteiger partial charge on any atom is -0.385 e. The first-order valence-electron chi connectivity index (χ1n) is 7.18. The van der Waals surface area contributed by atoms with E-state index >= 15 is 0 Å². The molecule has 3 fully saturated rings. The largest absolute Gasteiger partial charge is 0.385 e. The molecule has 5 rings (SSSR count). The van der Waals surface area contributed by atoms with Gasteiger partial charge in [-0.1, -0.05) is 0 Å². The van der Waals surface area contributed by atoms with Crippen LogP contribution in [0.2, 0.25) is 0 Å². The van der Waals surface area contributed by atoms with Crippen molar-refractivity contribution < 1.29 is 0 Å². The summed E-state index contributed by atoms with van der Waals surface area (Å²) in [7, 11) is 0. The third-order valence-corrected chi connectivity index (χ3v) is 5.50. The second-order valence-electron chi connectivity index (χ2n) is 5.81. The number of fused-ring (bicyclic) bond motifs is 4. The van der Waals surface area contributed by atoms with Crippen LogP contribution in [0.15, 0.2) is 23.7 Å². The second kappa shape index (κ2) is 4.76. The number of anilines is 1. The third-order valence-electron chi connectivity index (χ3n) is 4.69. The van der Waals surface area contributed by atoms with E-state index in [0.29, 0.717) is 0 Å². The normalized spacial score (nSPS) is 29.8. The van der Waals surface area contributed by atoms with Gasteiger partial charge in [-0.3, -0.25) is 0 Å². The lowest BCUT2D eigenvalue weighted by molar-refractivity contribution is 0.0574. The minimum atomic E-state index is 0.827. The number of thiazole rings is 1. The highest BCUT2D eigenvalue weighted by Gasteiger charge is 2.33. The Bertz CT molecular complexity index is 572. The molecule has 0 spiro atoms. The van der Waals surface area contributed by atoms with Gasteiger partial charge >= 0.3 is 0 Å². The highest BCUT2D eigenvalue weighted by Crippen LogP contribution is 2.32. The maximum atomic E-state index is 4.38. The monoisotopic (exact) mass is 273 g/mol. The zero-order valence-electron chi connectivity index (χ0n) is 11.0. The van der Waals surface area contributed by atoms with Crippen LogP contribution < -0.4 is 5.32 Å². The topological polar surface area (TPSA) is 28.2 Å². The van der Waals surface area contributed by atoms with Gasteiger partial charge in [-0.25, -0.2) is 4.98 Å². The number of hydrogen-bond acceptors (Lipinski definition) is 4. The molecule has 2 aromatic rings. The molecule has 3 saturated heterocycles. The zero-order chi connectivity index (χ0) is 12.7. The molecule has 1 aromatic heterocycles. The quantitative estimate of drug-likeness (QED) is 0.931. The lowest BCUT2D eigenvalue weighted by Crippen LogP contribution is -2.49. The molecule has 0 saturated carbocycles. The average molecular weight is 273 g/mol. The van der Waals surface area contributed by atoms with Crippen molar-refractivity contribution in [3.63, 3.8) is 0 Å². The molecule has 0 amide bonds. The SMILES string of the molecule is c1nc2cc(NC[C@H]3CN4CCC3CC4)ccc2s1. The van der Waals surface area contributed by atoms with Gasteiger partial charge in [0.1, 0.15) is 0 Å². The van der Waals surface area contributed by atoms with E-state index in [9.17, 15) is 0 Å².